The van der Waals surface area contributed by atoms with E-state index in [4.69, 9.17) is 11.6 Å². The largest absolute Gasteiger partial charge is 0.350 e. The Morgan fingerprint density at radius 2 is 2.11 bits per heavy atom. The lowest BCUT2D eigenvalue weighted by molar-refractivity contribution is -0.120. The lowest BCUT2D eigenvalue weighted by Gasteiger charge is -2.01. The summed E-state index contributed by atoms with van der Waals surface area (Å²) in [6, 6.07) is 11.0. The summed E-state index contributed by atoms with van der Waals surface area (Å²) in [6.45, 7) is 0. The van der Waals surface area contributed by atoms with E-state index in [9.17, 15) is 4.79 Å². The summed E-state index contributed by atoms with van der Waals surface area (Å²) >= 11 is 5.78. The predicted octanol–water partition coefficient (Wildman–Crippen LogP) is 2.37. The van der Waals surface area contributed by atoms with E-state index >= 15 is 0 Å². The van der Waals surface area contributed by atoms with Crippen molar-refractivity contribution in [1.82, 2.24) is 9.99 Å². The molecule has 0 fully saturated rings. The minimum absolute atomic E-state index is 0.159. The maximum absolute atomic E-state index is 11.6. The van der Waals surface area contributed by atoms with Gasteiger partial charge in [-0.1, -0.05) is 23.7 Å². The first-order valence-corrected chi connectivity index (χ1v) is 6.20. The first kappa shape index (κ1) is 13.4. The Labute approximate surface area is 116 Å². The number of amides is 1. The highest BCUT2D eigenvalue weighted by Crippen LogP contribution is 2.09. The van der Waals surface area contributed by atoms with Crippen LogP contribution in [0.5, 0.6) is 0 Å². The molecule has 1 aromatic heterocycles. The van der Waals surface area contributed by atoms with E-state index < -0.39 is 0 Å². The van der Waals surface area contributed by atoms with Gasteiger partial charge >= 0.3 is 0 Å². The maximum atomic E-state index is 11.6. The molecule has 2 aromatic rings. The van der Waals surface area contributed by atoms with Gasteiger partial charge in [-0.25, -0.2) is 5.43 Å². The Bertz CT molecular complexity index is 587. The molecular formula is C14H14ClN3O. The summed E-state index contributed by atoms with van der Waals surface area (Å²) in [5, 5.41) is 4.58. The number of nitrogens with zero attached hydrogens (tertiary/aromatic N) is 2. The van der Waals surface area contributed by atoms with Crippen LogP contribution in [0.15, 0.2) is 47.7 Å². The molecule has 0 saturated carbocycles. The van der Waals surface area contributed by atoms with Crippen molar-refractivity contribution in [2.45, 2.75) is 6.42 Å². The van der Waals surface area contributed by atoms with Crippen molar-refractivity contribution in [3.63, 3.8) is 0 Å². The molecule has 0 unspecified atom stereocenters. The summed E-state index contributed by atoms with van der Waals surface area (Å²) in [7, 11) is 1.91. The van der Waals surface area contributed by atoms with E-state index in [-0.39, 0.29) is 12.3 Å². The molecule has 0 aliphatic carbocycles. The van der Waals surface area contributed by atoms with Gasteiger partial charge in [0.1, 0.15) is 0 Å². The number of aryl methyl sites for hydroxylation is 1. The highest BCUT2D eigenvalue weighted by Gasteiger charge is 2.01. The van der Waals surface area contributed by atoms with Crippen molar-refractivity contribution in [2.24, 2.45) is 12.1 Å². The second-order valence-electron chi connectivity index (χ2n) is 4.14. The Morgan fingerprint density at radius 3 is 2.74 bits per heavy atom. The molecule has 0 radical (unpaired) electrons. The van der Waals surface area contributed by atoms with Crippen LogP contribution in [0.4, 0.5) is 0 Å². The summed E-state index contributed by atoms with van der Waals surface area (Å²) in [5.41, 5.74) is 4.32. The Morgan fingerprint density at radius 1 is 1.37 bits per heavy atom. The van der Waals surface area contributed by atoms with Gasteiger partial charge < -0.3 is 4.57 Å². The lowest BCUT2D eigenvalue weighted by Crippen LogP contribution is -2.19. The van der Waals surface area contributed by atoms with Crippen LogP contribution in [0.25, 0.3) is 0 Å². The van der Waals surface area contributed by atoms with Crippen LogP contribution in [0, 0.1) is 0 Å². The number of carbonyl (C=O) groups excluding carboxylic acids is 1. The fraction of sp³-hybridized carbons (Fsp3) is 0.143. The molecule has 1 amide bonds. The predicted molar refractivity (Wildman–Crippen MR) is 76.3 cm³/mol. The summed E-state index contributed by atoms with van der Waals surface area (Å²) in [6.07, 6.45) is 3.80. The van der Waals surface area contributed by atoms with Crippen LogP contribution in [0.1, 0.15) is 11.3 Å². The van der Waals surface area contributed by atoms with Crippen LogP contribution in [0.3, 0.4) is 0 Å². The number of halogens is 1. The lowest BCUT2D eigenvalue weighted by atomic mass is 10.1. The summed E-state index contributed by atoms with van der Waals surface area (Å²) in [5.74, 6) is -0.159. The van der Waals surface area contributed by atoms with Gasteiger partial charge in [-0.3, -0.25) is 4.79 Å². The average Bonchev–Trinajstić information content (AvgIpc) is 2.78. The fourth-order valence-electron chi connectivity index (χ4n) is 1.61. The molecule has 0 aliphatic heterocycles. The Hall–Kier alpha value is -2.07. The monoisotopic (exact) mass is 275 g/mol. The molecule has 4 nitrogen and oxygen atoms in total. The topological polar surface area (TPSA) is 46.4 Å². The van der Waals surface area contributed by atoms with Gasteiger partial charge in [0.25, 0.3) is 0 Å². The standard InChI is InChI=1S/C14H14ClN3O/c1-18-8-2-3-13(18)10-16-17-14(19)9-11-4-6-12(15)7-5-11/h2-8,10H,9H2,1H3,(H,17,19). The molecule has 0 spiro atoms. The van der Waals surface area contributed by atoms with E-state index in [1.54, 1.807) is 18.3 Å². The molecule has 0 saturated heterocycles. The minimum atomic E-state index is -0.159. The van der Waals surface area contributed by atoms with E-state index in [1.807, 2.05) is 42.1 Å². The van der Waals surface area contributed by atoms with Crippen molar-refractivity contribution in [3.8, 4) is 0 Å². The van der Waals surface area contributed by atoms with Crippen LogP contribution in [-0.2, 0) is 18.3 Å². The number of hydrogen-bond acceptors (Lipinski definition) is 2. The highest BCUT2D eigenvalue weighted by molar-refractivity contribution is 6.30. The molecule has 19 heavy (non-hydrogen) atoms. The van der Waals surface area contributed by atoms with Gasteiger partial charge in [0.15, 0.2) is 0 Å². The van der Waals surface area contributed by atoms with E-state index in [0.717, 1.165) is 11.3 Å². The third-order valence-corrected chi connectivity index (χ3v) is 2.90. The van der Waals surface area contributed by atoms with Crippen LogP contribution in [-0.4, -0.2) is 16.7 Å². The molecule has 5 heteroatoms. The minimum Gasteiger partial charge on any atom is -0.350 e. The zero-order valence-electron chi connectivity index (χ0n) is 10.5. The number of nitrogens with one attached hydrogen (secondary N) is 1. The Balaban J connectivity index is 1.86. The quantitative estimate of drug-likeness (QED) is 0.676. The summed E-state index contributed by atoms with van der Waals surface area (Å²) in [4.78, 5) is 11.6. The first-order chi connectivity index (χ1) is 9.15. The molecule has 1 aromatic carbocycles. The molecule has 2 rings (SSSR count). The van der Waals surface area contributed by atoms with Crippen LogP contribution >= 0.6 is 11.6 Å². The van der Waals surface area contributed by atoms with Crippen molar-refractivity contribution < 1.29 is 4.79 Å². The van der Waals surface area contributed by atoms with Crippen molar-refractivity contribution in [1.29, 1.82) is 0 Å². The summed E-state index contributed by atoms with van der Waals surface area (Å²) < 4.78 is 1.91. The van der Waals surface area contributed by atoms with Crippen molar-refractivity contribution >= 4 is 23.7 Å². The molecule has 98 valence electrons. The number of benzene rings is 1. The van der Waals surface area contributed by atoms with Gasteiger partial charge in [0, 0.05) is 18.3 Å². The van der Waals surface area contributed by atoms with Crippen molar-refractivity contribution in [2.75, 3.05) is 0 Å². The SMILES string of the molecule is Cn1cccc1C=NNC(=O)Cc1ccc(Cl)cc1. The van der Waals surface area contributed by atoms with Crippen molar-refractivity contribution in [3.05, 3.63) is 58.9 Å². The molecule has 1 heterocycles. The molecule has 0 bridgehead atoms. The normalized spacial score (nSPS) is 10.8. The molecule has 0 aliphatic rings. The van der Waals surface area contributed by atoms with E-state index in [2.05, 4.69) is 10.5 Å². The first-order valence-electron chi connectivity index (χ1n) is 5.83. The van der Waals surface area contributed by atoms with E-state index in [1.165, 1.54) is 0 Å². The average molecular weight is 276 g/mol. The number of hydrogen-bond donors (Lipinski definition) is 1. The highest BCUT2D eigenvalue weighted by atomic mass is 35.5. The third kappa shape index (κ3) is 3.96. The van der Waals surface area contributed by atoms with Gasteiger partial charge in [0.05, 0.1) is 18.3 Å². The van der Waals surface area contributed by atoms with Crippen LogP contribution in [0.2, 0.25) is 5.02 Å². The zero-order chi connectivity index (χ0) is 13.7. The zero-order valence-corrected chi connectivity index (χ0v) is 11.3. The van der Waals surface area contributed by atoms with Gasteiger partial charge in [-0.05, 0) is 29.8 Å². The number of carbonyl (C=O) groups is 1. The molecule has 1 N–H and O–H groups in total. The number of aromatic nitrogens is 1. The molecular weight excluding hydrogens is 262 g/mol. The third-order valence-electron chi connectivity index (χ3n) is 2.65. The van der Waals surface area contributed by atoms with E-state index in [0.29, 0.717) is 5.02 Å². The Kier molecular flexibility index (Phi) is 4.36. The number of rotatable bonds is 4. The fourth-order valence-corrected chi connectivity index (χ4v) is 1.73. The van der Waals surface area contributed by atoms with Crippen LogP contribution < -0.4 is 5.43 Å². The second kappa shape index (κ2) is 6.20. The smallest absolute Gasteiger partial charge is 0.244 e. The van der Waals surface area contributed by atoms with Gasteiger partial charge in [0.2, 0.25) is 5.91 Å². The van der Waals surface area contributed by atoms with Gasteiger partial charge in [-0.2, -0.15) is 5.10 Å². The maximum Gasteiger partial charge on any atom is 0.244 e. The second-order valence-corrected chi connectivity index (χ2v) is 4.58. The number of hydrazone groups is 1. The van der Waals surface area contributed by atoms with Gasteiger partial charge in [-0.15, -0.1) is 0 Å². The molecule has 0 atom stereocenters.